The quantitative estimate of drug-likeness (QED) is 0.767. The third kappa shape index (κ3) is 2.33. The first-order valence-corrected chi connectivity index (χ1v) is 5.76. The van der Waals surface area contributed by atoms with Crippen molar-refractivity contribution in [2.75, 3.05) is 13.1 Å². The van der Waals surface area contributed by atoms with Crippen LogP contribution in [0.4, 0.5) is 8.78 Å². The van der Waals surface area contributed by atoms with Gasteiger partial charge in [-0.25, -0.2) is 8.78 Å². The van der Waals surface area contributed by atoms with Crippen LogP contribution in [0, 0.1) is 28.9 Å². The number of piperidine rings is 1. The number of carbonyl (C=O) groups excluding carboxylic acids is 1. The van der Waals surface area contributed by atoms with E-state index in [9.17, 15) is 13.6 Å². The number of nitriles is 1. The van der Waals surface area contributed by atoms with Gasteiger partial charge in [0.1, 0.15) is 0 Å². The lowest BCUT2D eigenvalue weighted by Gasteiger charge is -2.29. The molecule has 1 aromatic carbocycles. The Hall–Kier alpha value is -1.96. The van der Waals surface area contributed by atoms with Gasteiger partial charge in [-0.1, -0.05) is 6.07 Å². The van der Waals surface area contributed by atoms with Crippen molar-refractivity contribution in [3.05, 3.63) is 35.4 Å². The monoisotopic (exact) mass is 250 g/mol. The molecule has 5 heteroatoms. The number of benzene rings is 1. The second-order valence-electron chi connectivity index (χ2n) is 4.32. The van der Waals surface area contributed by atoms with Gasteiger partial charge < -0.3 is 4.90 Å². The van der Waals surface area contributed by atoms with E-state index in [2.05, 4.69) is 6.07 Å². The van der Waals surface area contributed by atoms with Crippen molar-refractivity contribution in [1.29, 1.82) is 5.26 Å². The molecule has 1 aromatic rings. The van der Waals surface area contributed by atoms with Gasteiger partial charge in [0.15, 0.2) is 11.6 Å². The predicted molar refractivity (Wildman–Crippen MR) is 60.6 cm³/mol. The van der Waals surface area contributed by atoms with Crippen LogP contribution in [0.5, 0.6) is 0 Å². The minimum Gasteiger partial charge on any atom is -0.337 e. The second-order valence-corrected chi connectivity index (χ2v) is 4.32. The molecule has 1 unspecified atom stereocenters. The lowest BCUT2D eigenvalue weighted by atomic mass is 9.99. The Morgan fingerprint density at radius 1 is 1.44 bits per heavy atom. The summed E-state index contributed by atoms with van der Waals surface area (Å²) in [5.41, 5.74) is -0.270. The van der Waals surface area contributed by atoms with Crippen LogP contribution in [0.15, 0.2) is 18.2 Å². The number of hydrogen-bond donors (Lipinski definition) is 0. The highest BCUT2D eigenvalue weighted by Gasteiger charge is 2.26. The Bertz CT molecular complexity index is 510. The zero-order valence-corrected chi connectivity index (χ0v) is 9.70. The molecule has 0 radical (unpaired) electrons. The van der Waals surface area contributed by atoms with Gasteiger partial charge in [-0.2, -0.15) is 5.26 Å². The highest BCUT2D eigenvalue weighted by Crippen LogP contribution is 2.20. The summed E-state index contributed by atoms with van der Waals surface area (Å²) in [5.74, 6) is -2.93. The summed E-state index contributed by atoms with van der Waals surface area (Å²) in [4.78, 5) is 13.5. The van der Waals surface area contributed by atoms with Crippen LogP contribution in [0.1, 0.15) is 23.2 Å². The molecule has 94 valence electrons. The van der Waals surface area contributed by atoms with Gasteiger partial charge in [0, 0.05) is 13.1 Å². The number of halogens is 2. The van der Waals surface area contributed by atoms with Gasteiger partial charge in [-0.15, -0.1) is 0 Å². The van der Waals surface area contributed by atoms with E-state index in [0.29, 0.717) is 13.0 Å². The smallest absolute Gasteiger partial charge is 0.256 e. The number of likely N-dealkylation sites (tertiary alicyclic amines) is 1. The Balaban J connectivity index is 2.21. The highest BCUT2D eigenvalue weighted by atomic mass is 19.2. The van der Waals surface area contributed by atoms with Crippen LogP contribution in [-0.4, -0.2) is 23.9 Å². The molecule has 3 nitrogen and oxygen atoms in total. The molecule has 0 aliphatic carbocycles. The Kier molecular flexibility index (Phi) is 3.56. The second kappa shape index (κ2) is 5.13. The molecule has 1 fully saturated rings. The average Bonchev–Trinajstić information content (AvgIpc) is 2.41. The molecule has 0 saturated carbocycles. The largest absolute Gasteiger partial charge is 0.337 e. The summed E-state index contributed by atoms with van der Waals surface area (Å²) < 4.78 is 26.6. The molecular formula is C13H12F2N2O. The van der Waals surface area contributed by atoms with Crippen LogP contribution in [0.2, 0.25) is 0 Å². The number of nitrogens with zero attached hydrogens (tertiary/aromatic N) is 2. The summed E-state index contributed by atoms with van der Waals surface area (Å²) in [6.45, 7) is 0.762. The van der Waals surface area contributed by atoms with Gasteiger partial charge in [-0.3, -0.25) is 4.79 Å². The van der Waals surface area contributed by atoms with Crippen molar-refractivity contribution >= 4 is 5.91 Å². The lowest BCUT2D eigenvalue weighted by Crippen LogP contribution is -2.40. The fraction of sp³-hybridized carbons (Fsp3) is 0.385. The molecule has 0 spiro atoms. The highest BCUT2D eigenvalue weighted by molar-refractivity contribution is 5.94. The van der Waals surface area contributed by atoms with Crippen molar-refractivity contribution in [2.45, 2.75) is 12.8 Å². The number of carbonyl (C=O) groups is 1. The fourth-order valence-corrected chi connectivity index (χ4v) is 2.11. The standard InChI is InChI=1S/C13H12F2N2O/c14-11-5-1-4-10(12(11)15)13(18)17-6-2-3-9(7-16)8-17/h1,4-5,9H,2-3,6,8H2. The Morgan fingerprint density at radius 2 is 2.22 bits per heavy atom. The summed E-state index contributed by atoms with van der Waals surface area (Å²) in [6, 6.07) is 5.64. The molecule has 2 rings (SSSR count). The van der Waals surface area contributed by atoms with Crippen molar-refractivity contribution in [1.82, 2.24) is 4.90 Å². The molecule has 1 heterocycles. The van der Waals surface area contributed by atoms with Crippen LogP contribution in [-0.2, 0) is 0 Å². The fourth-order valence-electron chi connectivity index (χ4n) is 2.11. The van der Waals surface area contributed by atoms with E-state index in [1.165, 1.54) is 17.0 Å². The van der Waals surface area contributed by atoms with E-state index in [-0.39, 0.29) is 18.0 Å². The van der Waals surface area contributed by atoms with Gasteiger partial charge in [0.05, 0.1) is 17.6 Å². The van der Waals surface area contributed by atoms with E-state index >= 15 is 0 Å². The predicted octanol–water partition coefficient (Wildman–Crippen LogP) is 2.34. The van der Waals surface area contributed by atoms with Gasteiger partial charge in [0.25, 0.3) is 5.91 Å². The number of rotatable bonds is 1. The molecule has 1 saturated heterocycles. The maximum atomic E-state index is 13.5. The minimum absolute atomic E-state index is 0.223. The lowest BCUT2D eigenvalue weighted by molar-refractivity contribution is 0.0693. The zero-order valence-electron chi connectivity index (χ0n) is 9.70. The van der Waals surface area contributed by atoms with Gasteiger partial charge in [0.2, 0.25) is 0 Å². The minimum atomic E-state index is -1.12. The molecule has 1 amide bonds. The zero-order chi connectivity index (χ0) is 13.1. The van der Waals surface area contributed by atoms with E-state index in [0.717, 1.165) is 12.5 Å². The van der Waals surface area contributed by atoms with Crippen LogP contribution < -0.4 is 0 Å². The first kappa shape index (κ1) is 12.5. The summed E-state index contributed by atoms with van der Waals surface area (Å²) in [5, 5.41) is 8.84. The van der Waals surface area contributed by atoms with Crippen molar-refractivity contribution in [3.63, 3.8) is 0 Å². The normalized spacial score (nSPS) is 19.4. The van der Waals surface area contributed by atoms with Crippen molar-refractivity contribution in [2.24, 2.45) is 5.92 Å². The molecule has 0 N–H and O–H groups in total. The van der Waals surface area contributed by atoms with Gasteiger partial charge in [-0.05, 0) is 25.0 Å². The van der Waals surface area contributed by atoms with E-state index < -0.39 is 17.5 Å². The van der Waals surface area contributed by atoms with Crippen molar-refractivity contribution in [3.8, 4) is 6.07 Å². The maximum Gasteiger partial charge on any atom is 0.256 e. The van der Waals surface area contributed by atoms with Crippen LogP contribution in [0.3, 0.4) is 0 Å². The third-order valence-electron chi connectivity index (χ3n) is 3.07. The molecular weight excluding hydrogens is 238 g/mol. The van der Waals surface area contributed by atoms with E-state index in [1.54, 1.807) is 0 Å². The maximum absolute atomic E-state index is 13.5. The van der Waals surface area contributed by atoms with Crippen LogP contribution in [0.25, 0.3) is 0 Å². The van der Waals surface area contributed by atoms with E-state index in [1.807, 2.05) is 0 Å². The Labute approximate surface area is 104 Å². The first-order chi connectivity index (χ1) is 8.63. The SMILES string of the molecule is N#CC1CCCN(C(=O)c2cccc(F)c2F)C1. The number of amides is 1. The van der Waals surface area contributed by atoms with Gasteiger partial charge >= 0.3 is 0 Å². The average molecular weight is 250 g/mol. The topological polar surface area (TPSA) is 44.1 Å². The third-order valence-corrected chi connectivity index (χ3v) is 3.07. The van der Waals surface area contributed by atoms with Crippen molar-refractivity contribution < 1.29 is 13.6 Å². The Morgan fingerprint density at radius 3 is 2.94 bits per heavy atom. The molecule has 1 aliphatic heterocycles. The molecule has 0 aromatic heterocycles. The summed E-state index contributed by atoms with van der Waals surface area (Å²) >= 11 is 0. The first-order valence-electron chi connectivity index (χ1n) is 5.76. The molecule has 18 heavy (non-hydrogen) atoms. The number of hydrogen-bond acceptors (Lipinski definition) is 2. The molecule has 1 aliphatic rings. The molecule has 0 bridgehead atoms. The molecule has 1 atom stereocenters. The summed E-state index contributed by atoms with van der Waals surface area (Å²) in [6.07, 6.45) is 1.45. The summed E-state index contributed by atoms with van der Waals surface area (Å²) in [7, 11) is 0. The van der Waals surface area contributed by atoms with Crippen LogP contribution >= 0.6 is 0 Å². The van der Waals surface area contributed by atoms with E-state index in [4.69, 9.17) is 5.26 Å².